The molecular formula is C20H28O4. The van der Waals surface area contributed by atoms with Gasteiger partial charge in [-0.15, -0.1) is 0 Å². The summed E-state index contributed by atoms with van der Waals surface area (Å²) in [5.74, 6) is 0.762. The SMILES string of the molecule is CC1[C@H](C)C[C@]2(CO)C(C(=O)O)=CCC[C@@H]2[C@@H]1CCc1ccoc1. The molecule has 2 N–H and O–H groups in total. The van der Waals surface area contributed by atoms with E-state index in [0.717, 1.165) is 32.1 Å². The van der Waals surface area contributed by atoms with Crippen LogP contribution >= 0.6 is 0 Å². The molecule has 0 radical (unpaired) electrons. The number of carbonyl (C=O) groups is 1. The summed E-state index contributed by atoms with van der Waals surface area (Å²) >= 11 is 0. The molecule has 0 amide bonds. The molecule has 4 nitrogen and oxygen atoms in total. The smallest absolute Gasteiger partial charge is 0.331 e. The number of aliphatic hydroxyl groups is 1. The second kappa shape index (κ2) is 6.75. The summed E-state index contributed by atoms with van der Waals surface area (Å²) in [6, 6.07) is 2.00. The fourth-order valence-corrected chi connectivity index (χ4v) is 5.32. The monoisotopic (exact) mass is 332 g/mol. The summed E-state index contributed by atoms with van der Waals surface area (Å²) in [6.45, 7) is 4.44. The van der Waals surface area contributed by atoms with E-state index in [1.807, 2.05) is 12.1 Å². The molecule has 0 aliphatic heterocycles. The average Bonchev–Trinajstić information content (AvgIpc) is 3.08. The van der Waals surface area contributed by atoms with E-state index in [1.165, 1.54) is 5.56 Å². The van der Waals surface area contributed by atoms with Crippen LogP contribution in [-0.4, -0.2) is 22.8 Å². The molecule has 132 valence electrons. The van der Waals surface area contributed by atoms with E-state index < -0.39 is 11.4 Å². The van der Waals surface area contributed by atoms with Gasteiger partial charge in [-0.25, -0.2) is 4.79 Å². The van der Waals surface area contributed by atoms with Crippen LogP contribution in [0, 0.1) is 29.1 Å². The normalized spacial score (nSPS) is 36.0. The Kier molecular flexibility index (Phi) is 4.86. The highest BCUT2D eigenvalue weighted by Gasteiger charge is 2.54. The Bertz CT molecular complexity index is 603. The predicted molar refractivity (Wildman–Crippen MR) is 91.4 cm³/mol. The number of hydrogen-bond acceptors (Lipinski definition) is 3. The number of allylic oxidation sites excluding steroid dienone is 1. The molecule has 0 aromatic carbocycles. The Hall–Kier alpha value is -1.55. The van der Waals surface area contributed by atoms with Gasteiger partial charge in [0.2, 0.25) is 0 Å². The summed E-state index contributed by atoms with van der Waals surface area (Å²) in [5, 5.41) is 20.0. The number of carboxylic acid groups (broad SMARTS) is 1. The summed E-state index contributed by atoms with van der Waals surface area (Å²) < 4.78 is 5.17. The maximum atomic E-state index is 11.8. The zero-order chi connectivity index (χ0) is 17.3. The molecule has 24 heavy (non-hydrogen) atoms. The van der Waals surface area contributed by atoms with Crippen molar-refractivity contribution in [2.24, 2.45) is 29.1 Å². The molecule has 2 aliphatic carbocycles. The molecule has 0 bridgehead atoms. The Labute approximate surface area is 143 Å². The van der Waals surface area contributed by atoms with Gasteiger partial charge in [-0.05, 0) is 67.4 Å². The van der Waals surface area contributed by atoms with E-state index in [1.54, 1.807) is 12.5 Å². The van der Waals surface area contributed by atoms with E-state index in [0.29, 0.717) is 23.3 Å². The molecule has 0 saturated heterocycles. The molecule has 1 aromatic rings. The molecule has 1 heterocycles. The van der Waals surface area contributed by atoms with Gasteiger partial charge in [0.1, 0.15) is 0 Å². The van der Waals surface area contributed by atoms with Gasteiger partial charge in [-0.3, -0.25) is 0 Å². The van der Waals surface area contributed by atoms with Crippen molar-refractivity contribution in [3.05, 3.63) is 35.8 Å². The molecule has 1 fully saturated rings. The first-order chi connectivity index (χ1) is 11.5. The summed E-state index contributed by atoms with van der Waals surface area (Å²) in [6.07, 6.45) is 9.86. The zero-order valence-electron chi connectivity index (χ0n) is 14.6. The second-order valence-electron chi connectivity index (χ2n) is 7.80. The fraction of sp³-hybridized carbons (Fsp3) is 0.650. The van der Waals surface area contributed by atoms with Gasteiger partial charge in [0, 0.05) is 11.0 Å². The van der Waals surface area contributed by atoms with Crippen LogP contribution in [0.3, 0.4) is 0 Å². The van der Waals surface area contributed by atoms with Crippen LogP contribution in [0.15, 0.2) is 34.7 Å². The molecule has 1 unspecified atom stereocenters. The predicted octanol–water partition coefficient (Wildman–Crippen LogP) is 3.90. The van der Waals surface area contributed by atoms with Crippen molar-refractivity contribution in [3.8, 4) is 0 Å². The van der Waals surface area contributed by atoms with Crippen molar-refractivity contribution in [3.63, 3.8) is 0 Å². The van der Waals surface area contributed by atoms with E-state index in [9.17, 15) is 15.0 Å². The zero-order valence-corrected chi connectivity index (χ0v) is 14.6. The van der Waals surface area contributed by atoms with Gasteiger partial charge < -0.3 is 14.6 Å². The molecule has 0 spiro atoms. The molecular weight excluding hydrogens is 304 g/mol. The van der Waals surface area contributed by atoms with E-state index in [-0.39, 0.29) is 12.5 Å². The first-order valence-corrected chi connectivity index (χ1v) is 9.05. The van der Waals surface area contributed by atoms with Crippen LogP contribution in [0.5, 0.6) is 0 Å². The van der Waals surface area contributed by atoms with Crippen molar-refractivity contribution in [2.45, 2.75) is 46.0 Å². The summed E-state index contributed by atoms with van der Waals surface area (Å²) in [5.41, 5.74) is 1.07. The van der Waals surface area contributed by atoms with Gasteiger partial charge >= 0.3 is 5.97 Å². The minimum atomic E-state index is -0.857. The van der Waals surface area contributed by atoms with Gasteiger partial charge in [0.05, 0.1) is 19.1 Å². The highest BCUT2D eigenvalue weighted by molar-refractivity contribution is 5.88. The number of rotatable bonds is 5. The van der Waals surface area contributed by atoms with Gasteiger partial charge in [-0.2, -0.15) is 0 Å². The molecule has 4 heteroatoms. The number of carboxylic acids is 1. The van der Waals surface area contributed by atoms with Crippen molar-refractivity contribution in [2.75, 3.05) is 6.61 Å². The van der Waals surface area contributed by atoms with E-state index in [2.05, 4.69) is 13.8 Å². The number of aryl methyl sites for hydroxylation is 1. The first-order valence-electron chi connectivity index (χ1n) is 9.05. The maximum absolute atomic E-state index is 11.8. The lowest BCUT2D eigenvalue weighted by Crippen LogP contribution is -2.51. The van der Waals surface area contributed by atoms with Crippen molar-refractivity contribution in [1.82, 2.24) is 0 Å². The van der Waals surface area contributed by atoms with Gasteiger partial charge in [0.15, 0.2) is 0 Å². The first kappa shape index (κ1) is 17.3. The summed E-state index contributed by atoms with van der Waals surface area (Å²) in [4.78, 5) is 11.8. The third-order valence-electron chi connectivity index (χ3n) is 6.71. The van der Waals surface area contributed by atoms with Crippen LogP contribution in [0.1, 0.15) is 45.1 Å². The Morgan fingerprint density at radius 2 is 2.21 bits per heavy atom. The van der Waals surface area contributed by atoms with Crippen molar-refractivity contribution < 1.29 is 19.4 Å². The van der Waals surface area contributed by atoms with E-state index >= 15 is 0 Å². The molecule has 1 aromatic heterocycles. The van der Waals surface area contributed by atoms with Gasteiger partial charge in [0.25, 0.3) is 0 Å². The third kappa shape index (κ3) is 2.81. The summed E-state index contributed by atoms with van der Waals surface area (Å²) in [7, 11) is 0. The average molecular weight is 332 g/mol. The minimum Gasteiger partial charge on any atom is -0.478 e. The Morgan fingerprint density at radius 3 is 2.83 bits per heavy atom. The van der Waals surface area contributed by atoms with Crippen LogP contribution in [-0.2, 0) is 11.2 Å². The lowest BCUT2D eigenvalue weighted by atomic mass is 9.50. The molecule has 1 saturated carbocycles. The number of aliphatic carboxylic acids is 1. The number of aliphatic hydroxyl groups excluding tert-OH is 1. The molecule has 3 rings (SSSR count). The fourth-order valence-electron chi connectivity index (χ4n) is 5.32. The largest absolute Gasteiger partial charge is 0.478 e. The molecule has 2 aliphatic rings. The lowest BCUT2D eigenvalue weighted by Gasteiger charge is -2.54. The quantitative estimate of drug-likeness (QED) is 0.858. The number of hydrogen-bond donors (Lipinski definition) is 2. The van der Waals surface area contributed by atoms with Crippen LogP contribution in [0.4, 0.5) is 0 Å². The highest BCUT2D eigenvalue weighted by atomic mass is 16.4. The van der Waals surface area contributed by atoms with Crippen molar-refractivity contribution >= 4 is 5.97 Å². The van der Waals surface area contributed by atoms with Crippen LogP contribution in [0.2, 0.25) is 0 Å². The van der Waals surface area contributed by atoms with Crippen LogP contribution < -0.4 is 0 Å². The second-order valence-corrected chi connectivity index (χ2v) is 7.80. The molecule has 5 atom stereocenters. The number of furan rings is 1. The van der Waals surface area contributed by atoms with Crippen LogP contribution in [0.25, 0.3) is 0 Å². The Morgan fingerprint density at radius 1 is 1.42 bits per heavy atom. The standard InChI is InChI=1S/C20H28O4/c1-13-10-20(12-21)17(4-3-5-18(20)19(22)23)16(14(13)2)7-6-15-8-9-24-11-15/h5,8-9,11,13-14,16-17,21H,3-4,6-7,10,12H2,1-2H3,(H,22,23)/t13-,14?,16-,17-,20-/m1/s1. The maximum Gasteiger partial charge on any atom is 0.331 e. The number of fused-ring (bicyclic) bond motifs is 1. The third-order valence-corrected chi connectivity index (χ3v) is 6.71. The van der Waals surface area contributed by atoms with Crippen molar-refractivity contribution in [1.29, 1.82) is 0 Å². The van der Waals surface area contributed by atoms with E-state index in [4.69, 9.17) is 4.42 Å². The van der Waals surface area contributed by atoms with Gasteiger partial charge in [-0.1, -0.05) is 19.9 Å². The lowest BCUT2D eigenvalue weighted by molar-refractivity contribution is -0.138. The topological polar surface area (TPSA) is 70.7 Å². The highest BCUT2D eigenvalue weighted by Crippen LogP contribution is 2.57. The Balaban J connectivity index is 1.90. The minimum absolute atomic E-state index is 0.0604.